The number of hydrogen-bond donors (Lipinski definition) is 0. The van der Waals surface area contributed by atoms with Crippen molar-refractivity contribution in [1.82, 2.24) is 4.98 Å². The second-order valence-corrected chi connectivity index (χ2v) is 7.15. The van der Waals surface area contributed by atoms with E-state index >= 15 is 0 Å². The molecule has 0 saturated carbocycles. The van der Waals surface area contributed by atoms with Crippen molar-refractivity contribution in [1.29, 1.82) is 0 Å². The van der Waals surface area contributed by atoms with Crippen molar-refractivity contribution in [2.24, 2.45) is 0 Å². The Morgan fingerprint density at radius 3 is 2.52 bits per heavy atom. The lowest BCUT2D eigenvalue weighted by Gasteiger charge is -2.19. The molecule has 0 aliphatic rings. The van der Waals surface area contributed by atoms with Crippen LogP contribution in [0.5, 0.6) is 0 Å². The fourth-order valence-electron chi connectivity index (χ4n) is 2.62. The van der Waals surface area contributed by atoms with Crippen LogP contribution in [0.2, 0.25) is 0 Å². The van der Waals surface area contributed by atoms with Crippen LogP contribution >= 0.6 is 0 Å². The van der Waals surface area contributed by atoms with Crippen molar-refractivity contribution >= 4 is 22.8 Å². The zero-order chi connectivity index (χ0) is 19.6. The molecule has 0 N–H and O–H groups in total. The van der Waals surface area contributed by atoms with E-state index in [1.54, 1.807) is 45.0 Å². The van der Waals surface area contributed by atoms with Crippen LogP contribution in [0.25, 0.3) is 22.4 Å². The molecule has 0 fully saturated rings. The van der Waals surface area contributed by atoms with Gasteiger partial charge in [-0.25, -0.2) is 14.6 Å². The average molecular weight is 367 g/mol. The second-order valence-electron chi connectivity index (χ2n) is 7.15. The summed E-state index contributed by atoms with van der Waals surface area (Å²) in [6.07, 6.45) is 0. The van der Waals surface area contributed by atoms with Gasteiger partial charge >= 0.3 is 11.9 Å². The summed E-state index contributed by atoms with van der Waals surface area (Å²) in [4.78, 5) is 29.0. The fraction of sp³-hybridized carbons (Fsp3) is 0.286. The molecule has 3 aromatic rings. The zero-order valence-corrected chi connectivity index (χ0v) is 15.7. The highest BCUT2D eigenvalue weighted by atomic mass is 16.6. The number of aryl methyl sites for hydroxylation is 1. The van der Waals surface area contributed by atoms with Gasteiger partial charge in [-0.1, -0.05) is 18.2 Å². The summed E-state index contributed by atoms with van der Waals surface area (Å²) in [5.41, 5.74) is 0.824. The van der Waals surface area contributed by atoms with Crippen molar-refractivity contribution in [3.63, 3.8) is 0 Å². The third kappa shape index (κ3) is 4.53. The minimum Gasteiger partial charge on any atom is -0.460 e. The fourth-order valence-corrected chi connectivity index (χ4v) is 2.62. The summed E-state index contributed by atoms with van der Waals surface area (Å²) in [6.45, 7) is 6.63. The van der Waals surface area contributed by atoms with Crippen LogP contribution in [0.3, 0.4) is 0 Å². The highest BCUT2D eigenvalue weighted by Crippen LogP contribution is 2.26. The van der Waals surface area contributed by atoms with E-state index in [-0.39, 0.29) is 0 Å². The molecule has 3 rings (SSSR count). The molecule has 140 valence electrons. The maximum absolute atomic E-state index is 12.6. The number of rotatable bonds is 4. The number of ether oxygens (including phenoxy) is 2. The van der Waals surface area contributed by atoms with Crippen molar-refractivity contribution < 1.29 is 23.5 Å². The molecule has 0 bridgehead atoms. The molecule has 0 unspecified atom stereocenters. The molecule has 2 heterocycles. The predicted octanol–water partition coefficient (Wildman–Crippen LogP) is 4.30. The van der Waals surface area contributed by atoms with Gasteiger partial charge in [-0.15, -0.1) is 0 Å². The Morgan fingerprint density at radius 1 is 1.11 bits per heavy atom. The normalized spacial score (nSPS) is 11.4. The van der Waals surface area contributed by atoms with Crippen LogP contribution in [0.4, 0.5) is 0 Å². The smallest absolute Gasteiger partial charge is 0.344 e. The summed E-state index contributed by atoms with van der Waals surface area (Å²) in [6, 6.07) is 12.5. The number of pyridine rings is 1. The van der Waals surface area contributed by atoms with E-state index < -0.39 is 24.1 Å². The number of fused-ring (bicyclic) bond motifs is 1. The Kier molecular flexibility index (Phi) is 4.99. The lowest BCUT2D eigenvalue weighted by Crippen LogP contribution is -2.27. The van der Waals surface area contributed by atoms with Gasteiger partial charge in [0, 0.05) is 5.39 Å². The minimum absolute atomic E-state index is 0.313. The minimum atomic E-state index is -0.642. The maximum Gasteiger partial charge on any atom is 0.344 e. The standard InChI is InChI=1S/C21H21NO5/c1-13-9-10-18(26-13)17-11-15(14-7-5-6-8-16(14)22-17)20(24)25-12-19(23)27-21(2,3)4/h5-11H,12H2,1-4H3. The molecule has 0 aliphatic carbocycles. The first-order chi connectivity index (χ1) is 12.7. The Morgan fingerprint density at radius 2 is 1.85 bits per heavy atom. The summed E-state index contributed by atoms with van der Waals surface area (Å²) in [5.74, 6) is 0.0773. The summed E-state index contributed by atoms with van der Waals surface area (Å²) >= 11 is 0. The van der Waals surface area contributed by atoms with Crippen LogP contribution in [0.15, 0.2) is 46.9 Å². The number of esters is 2. The van der Waals surface area contributed by atoms with Crippen LogP contribution in [0, 0.1) is 6.92 Å². The first-order valence-electron chi connectivity index (χ1n) is 8.58. The number of furan rings is 1. The summed E-state index contributed by atoms with van der Waals surface area (Å²) < 4.78 is 15.9. The van der Waals surface area contributed by atoms with E-state index in [9.17, 15) is 9.59 Å². The Labute approximate surface area is 157 Å². The van der Waals surface area contributed by atoms with Gasteiger partial charge in [-0.2, -0.15) is 0 Å². The monoisotopic (exact) mass is 367 g/mol. The van der Waals surface area contributed by atoms with E-state index in [1.165, 1.54) is 0 Å². The van der Waals surface area contributed by atoms with Crippen LogP contribution in [-0.2, 0) is 14.3 Å². The molecule has 0 radical (unpaired) electrons. The van der Waals surface area contributed by atoms with Gasteiger partial charge in [0.2, 0.25) is 0 Å². The molecule has 0 amide bonds. The van der Waals surface area contributed by atoms with Gasteiger partial charge in [0.25, 0.3) is 0 Å². The van der Waals surface area contributed by atoms with Crippen molar-refractivity contribution in [2.45, 2.75) is 33.3 Å². The summed E-state index contributed by atoms with van der Waals surface area (Å²) in [5, 5.41) is 0.638. The largest absolute Gasteiger partial charge is 0.460 e. The molecule has 6 nitrogen and oxygen atoms in total. The maximum atomic E-state index is 12.6. The number of hydrogen-bond acceptors (Lipinski definition) is 6. The third-order valence-corrected chi connectivity index (χ3v) is 3.67. The Bertz CT molecular complexity index is 997. The van der Waals surface area contributed by atoms with Gasteiger partial charge in [-0.05, 0) is 52.0 Å². The quantitative estimate of drug-likeness (QED) is 0.640. The van der Waals surface area contributed by atoms with Crippen LogP contribution in [0.1, 0.15) is 36.9 Å². The van der Waals surface area contributed by atoms with E-state index in [0.717, 1.165) is 5.76 Å². The third-order valence-electron chi connectivity index (χ3n) is 3.67. The molecule has 6 heteroatoms. The van der Waals surface area contributed by atoms with Crippen LogP contribution in [-0.4, -0.2) is 29.1 Å². The Hall–Kier alpha value is -3.15. The molecular formula is C21H21NO5. The van der Waals surface area contributed by atoms with Gasteiger partial charge in [-0.3, -0.25) is 0 Å². The van der Waals surface area contributed by atoms with Crippen molar-refractivity contribution in [3.8, 4) is 11.5 Å². The summed E-state index contributed by atoms with van der Waals surface area (Å²) in [7, 11) is 0. The number of aromatic nitrogens is 1. The van der Waals surface area contributed by atoms with Gasteiger partial charge in [0.1, 0.15) is 17.1 Å². The zero-order valence-electron chi connectivity index (χ0n) is 15.7. The van der Waals surface area contributed by atoms with Crippen LogP contribution < -0.4 is 0 Å². The lowest BCUT2D eigenvalue weighted by molar-refractivity contribution is -0.158. The molecule has 2 aromatic heterocycles. The van der Waals surface area contributed by atoms with E-state index in [0.29, 0.717) is 27.9 Å². The molecule has 1 aromatic carbocycles. The van der Waals surface area contributed by atoms with Gasteiger partial charge < -0.3 is 13.9 Å². The Balaban J connectivity index is 1.90. The SMILES string of the molecule is Cc1ccc(-c2cc(C(=O)OCC(=O)OC(C)(C)C)c3ccccc3n2)o1. The molecular weight excluding hydrogens is 346 g/mol. The predicted molar refractivity (Wildman–Crippen MR) is 100 cm³/mol. The number of para-hydroxylation sites is 1. The van der Waals surface area contributed by atoms with E-state index in [2.05, 4.69) is 4.98 Å². The topological polar surface area (TPSA) is 78.6 Å². The number of nitrogens with zero attached hydrogens (tertiary/aromatic N) is 1. The number of benzene rings is 1. The first-order valence-corrected chi connectivity index (χ1v) is 8.58. The second kappa shape index (κ2) is 7.23. The molecule has 27 heavy (non-hydrogen) atoms. The van der Waals surface area contributed by atoms with Crippen molar-refractivity contribution in [2.75, 3.05) is 6.61 Å². The number of carbonyl (C=O) groups excluding carboxylic acids is 2. The average Bonchev–Trinajstić information content (AvgIpc) is 3.03. The highest BCUT2D eigenvalue weighted by Gasteiger charge is 2.20. The molecule has 0 aliphatic heterocycles. The molecule has 0 atom stereocenters. The van der Waals surface area contributed by atoms with Gasteiger partial charge in [0.05, 0.1) is 11.1 Å². The first kappa shape index (κ1) is 18.6. The highest BCUT2D eigenvalue weighted by molar-refractivity contribution is 6.04. The number of carbonyl (C=O) groups is 2. The van der Waals surface area contributed by atoms with Gasteiger partial charge in [0.15, 0.2) is 12.4 Å². The van der Waals surface area contributed by atoms with E-state index in [4.69, 9.17) is 13.9 Å². The lowest BCUT2D eigenvalue weighted by atomic mass is 10.1. The molecule has 0 saturated heterocycles. The molecule has 0 spiro atoms. The van der Waals surface area contributed by atoms with E-state index in [1.807, 2.05) is 25.1 Å². The van der Waals surface area contributed by atoms with Crippen molar-refractivity contribution in [3.05, 3.63) is 53.8 Å².